The number of aliphatic hydroxyl groups excluding tert-OH is 1. The van der Waals surface area contributed by atoms with Gasteiger partial charge in [-0.1, -0.05) is 12.5 Å². The fraction of sp³-hybridized carbons (Fsp3) is 0.611. The van der Waals surface area contributed by atoms with Gasteiger partial charge in [-0.25, -0.2) is 8.42 Å². The first kappa shape index (κ1) is 18.4. The van der Waals surface area contributed by atoms with Crippen molar-refractivity contribution in [3.05, 3.63) is 29.3 Å². The highest BCUT2D eigenvalue weighted by atomic mass is 32.2. The highest BCUT2D eigenvalue weighted by Gasteiger charge is 2.29. The topological polar surface area (TPSA) is 77.9 Å². The first-order valence-electron chi connectivity index (χ1n) is 8.98. The number of hydrogen-bond donors (Lipinski definition) is 1. The molecule has 0 radical (unpaired) electrons. The molecule has 1 aromatic carbocycles. The molecule has 2 aliphatic heterocycles. The highest BCUT2D eigenvalue weighted by Crippen LogP contribution is 2.25. The fourth-order valence-electron chi connectivity index (χ4n) is 3.51. The van der Waals surface area contributed by atoms with Gasteiger partial charge in [0.25, 0.3) is 5.91 Å². The van der Waals surface area contributed by atoms with Crippen molar-refractivity contribution < 1.29 is 18.3 Å². The molecule has 2 aliphatic rings. The number of sulfonamides is 1. The molecular weight excluding hydrogens is 340 g/mol. The van der Waals surface area contributed by atoms with Gasteiger partial charge in [-0.05, 0) is 50.3 Å². The molecule has 25 heavy (non-hydrogen) atoms. The van der Waals surface area contributed by atoms with Crippen LogP contribution in [0.4, 0.5) is 0 Å². The van der Waals surface area contributed by atoms with Gasteiger partial charge in [0.2, 0.25) is 10.0 Å². The van der Waals surface area contributed by atoms with E-state index < -0.39 is 10.0 Å². The maximum Gasteiger partial charge on any atom is 0.253 e. The van der Waals surface area contributed by atoms with Gasteiger partial charge >= 0.3 is 0 Å². The summed E-state index contributed by atoms with van der Waals surface area (Å²) in [6, 6.07) is 4.92. The highest BCUT2D eigenvalue weighted by molar-refractivity contribution is 7.89. The molecule has 7 heteroatoms. The Morgan fingerprint density at radius 3 is 2.36 bits per heavy atom. The molecule has 0 saturated carbocycles. The van der Waals surface area contributed by atoms with Crippen LogP contribution in [0.3, 0.4) is 0 Å². The van der Waals surface area contributed by atoms with Crippen LogP contribution in [0.5, 0.6) is 0 Å². The lowest BCUT2D eigenvalue weighted by molar-refractivity contribution is 0.0546. The SMILES string of the molecule is Cc1ccc(C(=O)N2CCC(O)CC2)cc1S(=O)(=O)N1CCCCC1. The quantitative estimate of drug-likeness (QED) is 0.884. The minimum atomic E-state index is -3.57. The third kappa shape index (κ3) is 3.88. The van der Waals surface area contributed by atoms with Crippen molar-refractivity contribution in [1.82, 2.24) is 9.21 Å². The molecule has 1 amide bonds. The second kappa shape index (κ2) is 7.43. The molecule has 0 spiro atoms. The van der Waals surface area contributed by atoms with Gasteiger partial charge in [-0.15, -0.1) is 0 Å². The van der Waals surface area contributed by atoms with Crippen LogP contribution < -0.4 is 0 Å². The number of hydrogen-bond acceptors (Lipinski definition) is 4. The summed E-state index contributed by atoms with van der Waals surface area (Å²) in [6.45, 7) is 3.86. The molecule has 2 saturated heterocycles. The van der Waals surface area contributed by atoms with Crippen LogP contribution in [0, 0.1) is 6.92 Å². The Morgan fingerprint density at radius 2 is 1.72 bits per heavy atom. The normalized spacial score (nSPS) is 20.6. The fourth-order valence-corrected chi connectivity index (χ4v) is 5.27. The summed E-state index contributed by atoms with van der Waals surface area (Å²) in [5, 5.41) is 9.59. The smallest absolute Gasteiger partial charge is 0.253 e. The van der Waals surface area contributed by atoms with Crippen molar-refractivity contribution in [3.63, 3.8) is 0 Å². The molecule has 0 aromatic heterocycles. The van der Waals surface area contributed by atoms with E-state index in [1.54, 1.807) is 24.0 Å². The average molecular weight is 366 g/mol. The number of aliphatic hydroxyl groups is 1. The molecular formula is C18H26N2O4S. The number of benzene rings is 1. The number of rotatable bonds is 3. The van der Waals surface area contributed by atoms with E-state index in [9.17, 15) is 18.3 Å². The first-order valence-corrected chi connectivity index (χ1v) is 10.4. The van der Waals surface area contributed by atoms with Crippen LogP contribution in [-0.2, 0) is 10.0 Å². The third-order valence-corrected chi connectivity index (χ3v) is 7.16. The Balaban J connectivity index is 1.86. The Kier molecular flexibility index (Phi) is 5.46. The lowest BCUT2D eigenvalue weighted by Gasteiger charge is -2.30. The molecule has 3 rings (SSSR count). The van der Waals surface area contributed by atoms with Crippen LogP contribution in [-0.4, -0.2) is 60.9 Å². The van der Waals surface area contributed by atoms with Crippen molar-refractivity contribution in [3.8, 4) is 0 Å². The molecule has 2 fully saturated rings. The molecule has 138 valence electrons. The molecule has 1 N–H and O–H groups in total. The van der Waals surface area contributed by atoms with Crippen molar-refractivity contribution in [2.24, 2.45) is 0 Å². The Morgan fingerprint density at radius 1 is 1.08 bits per heavy atom. The van der Waals surface area contributed by atoms with E-state index in [2.05, 4.69) is 0 Å². The number of aryl methyl sites for hydroxylation is 1. The van der Waals surface area contributed by atoms with E-state index in [0.29, 0.717) is 50.1 Å². The van der Waals surface area contributed by atoms with E-state index >= 15 is 0 Å². The summed E-state index contributed by atoms with van der Waals surface area (Å²) in [5.41, 5.74) is 1.06. The van der Waals surface area contributed by atoms with Crippen molar-refractivity contribution >= 4 is 15.9 Å². The Labute approximate surface area is 149 Å². The zero-order chi connectivity index (χ0) is 18.0. The standard InChI is InChI=1S/C18H26N2O4S/c1-14-5-6-15(18(22)19-11-7-16(21)8-12-19)13-17(14)25(23,24)20-9-3-2-4-10-20/h5-6,13,16,21H,2-4,7-12H2,1H3. The number of carbonyl (C=O) groups is 1. The lowest BCUT2D eigenvalue weighted by Crippen LogP contribution is -2.40. The number of piperidine rings is 2. The van der Waals surface area contributed by atoms with Crippen LogP contribution in [0.2, 0.25) is 0 Å². The Hall–Kier alpha value is -1.44. The summed E-state index contributed by atoms with van der Waals surface area (Å²) >= 11 is 0. The van der Waals surface area contributed by atoms with Crippen molar-refractivity contribution in [2.45, 2.75) is 50.0 Å². The molecule has 6 nitrogen and oxygen atoms in total. The molecule has 2 heterocycles. The monoisotopic (exact) mass is 366 g/mol. The van der Waals surface area contributed by atoms with Gasteiger partial charge in [0.05, 0.1) is 11.0 Å². The zero-order valence-electron chi connectivity index (χ0n) is 14.6. The number of nitrogens with zero attached hydrogens (tertiary/aromatic N) is 2. The summed E-state index contributed by atoms with van der Waals surface area (Å²) in [5.74, 6) is -0.165. The van der Waals surface area contributed by atoms with Crippen LogP contribution >= 0.6 is 0 Å². The maximum absolute atomic E-state index is 13.0. The Bertz CT molecular complexity index is 733. The van der Waals surface area contributed by atoms with Gasteiger partial charge in [0.1, 0.15) is 0 Å². The van der Waals surface area contributed by atoms with Gasteiger partial charge in [-0.2, -0.15) is 4.31 Å². The first-order chi connectivity index (χ1) is 11.9. The zero-order valence-corrected chi connectivity index (χ0v) is 15.5. The van der Waals surface area contributed by atoms with E-state index in [0.717, 1.165) is 19.3 Å². The van der Waals surface area contributed by atoms with Crippen LogP contribution in [0.1, 0.15) is 48.0 Å². The van der Waals surface area contributed by atoms with E-state index in [1.165, 1.54) is 10.4 Å². The second-order valence-electron chi connectivity index (χ2n) is 6.97. The molecule has 0 unspecified atom stereocenters. The minimum Gasteiger partial charge on any atom is -0.393 e. The molecule has 0 atom stereocenters. The summed E-state index contributed by atoms with van der Waals surface area (Å²) in [7, 11) is -3.57. The van der Waals surface area contributed by atoms with Crippen LogP contribution in [0.25, 0.3) is 0 Å². The summed E-state index contributed by atoms with van der Waals surface area (Å²) < 4.78 is 27.5. The summed E-state index contributed by atoms with van der Waals surface area (Å²) in [6.07, 6.45) is 3.61. The molecule has 0 bridgehead atoms. The predicted molar refractivity (Wildman–Crippen MR) is 94.9 cm³/mol. The maximum atomic E-state index is 13.0. The van der Waals surface area contributed by atoms with Gasteiger partial charge in [0.15, 0.2) is 0 Å². The van der Waals surface area contributed by atoms with Crippen LogP contribution in [0.15, 0.2) is 23.1 Å². The predicted octanol–water partition coefficient (Wildman–Crippen LogP) is 1.77. The summed E-state index contributed by atoms with van der Waals surface area (Å²) in [4.78, 5) is 14.6. The molecule has 1 aromatic rings. The third-order valence-electron chi connectivity index (χ3n) is 5.12. The van der Waals surface area contributed by atoms with E-state index in [-0.39, 0.29) is 16.9 Å². The minimum absolute atomic E-state index is 0.165. The van der Waals surface area contributed by atoms with Crippen molar-refractivity contribution in [2.75, 3.05) is 26.2 Å². The lowest BCUT2D eigenvalue weighted by atomic mass is 10.1. The van der Waals surface area contributed by atoms with Crippen molar-refractivity contribution in [1.29, 1.82) is 0 Å². The van der Waals surface area contributed by atoms with Gasteiger partial charge in [0, 0.05) is 31.7 Å². The number of amides is 1. The average Bonchev–Trinajstić information content (AvgIpc) is 2.63. The van der Waals surface area contributed by atoms with Gasteiger partial charge in [-0.3, -0.25) is 4.79 Å². The van der Waals surface area contributed by atoms with E-state index in [1.807, 2.05) is 0 Å². The van der Waals surface area contributed by atoms with E-state index in [4.69, 9.17) is 0 Å². The molecule has 0 aliphatic carbocycles. The van der Waals surface area contributed by atoms with Gasteiger partial charge < -0.3 is 10.0 Å². The largest absolute Gasteiger partial charge is 0.393 e. The second-order valence-corrected chi connectivity index (χ2v) is 8.87. The number of carbonyl (C=O) groups excluding carboxylic acids is 1. The number of likely N-dealkylation sites (tertiary alicyclic amines) is 1.